The number of amides is 1. The summed E-state index contributed by atoms with van der Waals surface area (Å²) in [6, 6.07) is 0. The fraction of sp³-hybridized carbons (Fsp3) is 0.273. The molecule has 0 saturated carbocycles. The van der Waals surface area contributed by atoms with Gasteiger partial charge in [-0.1, -0.05) is 23.1 Å². The van der Waals surface area contributed by atoms with Crippen molar-refractivity contribution in [2.24, 2.45) is 0 Å². The molecule has 0 aliphatic carbocycles. The van der Waals surface area contributed by atoms with Gasteiger partial charge in [0, 0.05) is 6.92 Å². The number of thioether (sulfide) groups is 1. The van der Waals surface area contributed by atoms with E-state index in [2.05, 4.69) is 25.5 Å². The average molecular weight is 325 g/mol. The number of rotatable bonds is 5. The number of nitrogens with zero attached hydrogens (tertiary/aromatic N) is 3. The predicted octanol–water partition coefficient (Wildman–Crippen LogP) is 0.863. The van der Waals surface area contributed by atoms with Crippen LogP contribution in [0.25, 0.3) is 0 Å². The summed E-state index contributed by atoms with van der Waals surface area (Å²) in [5, 5.41) is 10.4. The van der Waals surface area contributed by atoms with Crippen LogP contribution in [-0.2, 0) is 4.79 Å². The summed E-state index contributed by atoms with van der Waals surface area (Å²) in [5.74, 6) is -0.352. The van der Waals surface area contributed by atoms with E-state index >= 15 is 0 Å². The van der Waals surface area contributed by atoms with Crippen LogP contribution in [0.3, 0.4) is 0 Å². The standard InChI is InChI=1S/C11H11N5O3S2/c1-5-9(6(2)17)21-10(13-5)15-8(19)4-20-11-14-7(18)3-12-16-11/h3H,4H2,1-2H3,(H,13,15,19)(H,14,16,18). The van der Waals surface area contributed by atoms with Crippen LogP contribution in [0.1, 0.15) is 22.3 Å². The van der Waals surface area contributed by atoms with Gasteiger partial charge in [-0.25, -0.2) is 4.98 Å². The number of aromatic nitrogens is 4. The molecule has 0 fully saturated rings. The van der Waals surface area contributed by atoms with Crippen molar-refractivity contribution in [2.75, 3.05) is 11.1 Å². The third kappa shape index (κ3) is 4.20. The largest absolute Gasteiger partial charge is 0.301 e. The molecule has 0 aliphatic rings. The number of aromatic amines is 1. The zero-order valence-electron chi connectivity index (χ0n) is 11.2. The Kier molecular flexibility index (Phi) is 4.81. The number of H-pyrrole nitrogens is 1. The Labute approximate surface area is 127 Å². The minimum absolute atomic E-state index is 0.0443. The van der Waals surface area contributed by atoms with Gasteiger partial charge in [0.2, 0.25) is 5.91 Å². The van der Waals surface area contributed by atoms with E-state index in [1.54, 1.807) is 6.92 Å². The van der Waals surface area contributed by atoms with Crippen molar-refractivity contribution in [2.45, 2.75) is 19.0 Å². The Morgan fingerprint density at radius 3 is 2.86 bits per heavy atom. The molecule has 0 aromatic carbocycles. The zero-order chi connectivity index (χ0) is 15.4. The fourth-order valence-corrected chi connectivity index (χ4v) is 2.92. The summed E-state index contributed by atoms with van der Waals surface area (Å²) in [5.41, 5.74) is 0.211. The van der Waals surface area contributed by atoms with E-state index in [4.69, 9.17) is 0 Å². The molecule has 2 N–H and O–H groups in total. The second kappa shape index (κ2) is 6.59. The van der Waals surface area contributed by atoms with E-state index in [-0.39, 0.29) is 28.2 Å². The van der Waals surface area contributed by atoms with Gasteiger partial charge in [0.1, 0.15) is 6.20 Å². The van der Waals surface area contributed by atoms with Crippen LogP contribution in [0.5, 0.6) is 0 Å². The normalized spacial score (nSPS) is 10.4. The monoisotopic (exact) mass is 325 g/mol. The summed E-state index contributed by atoms with van der Waals surface area (Å²) in [4.78, 5) is 41.2. The molecule has 2 aromatic rings. The highest BCUT2D eigenvalue weighted by atomic mass is 32.2. The molecule has 21 heavy (non-hydrogen) atoms. The molecule has 2 rings (SSSR count). The number of hydrogen-bond donors (Lipinski definition) is 2. The van der Waals surface area contributed by atoms with Crippen molar-refractivity contribution in [1.29, 1.82) is 0 Å². The van der Waals surface area contributed by atoms with E-state index in [1.165, 1.54) is 6.92 Å². The van der Waals surface area contributed by atoms with Crippen LogP contribution in [0.15, 0.2) is 16.1 Å². The lowest BCUT2D eigenvalue weighted by atomic mass is 10.3. The Morgan fingerprint density at radius 1 is 1.48 bits per heavy atom. The van der Waals surface area contributed by atoms with Gasteiger partial charge < -0.3 is 5.32 Å². The summed E-state index contributed by atoms with van der Waals surface area (Å²) < 4.78 is 0. The van der Waals surface area contributed by atoms with Crippen LogP contribution < -0.4 is 10.9 Å². The number of hydrogen-bond acceptors (Lipinski definition) is 8. The number of nitrogens with one attached hydrogen (secondary N) is 2. The van der Waals surface area contributed by atoms with Gasteiger partial charge in [-0.2, -0.15) is 5.10 Å². The second-order valence-electron chi connectivity index (χ2n) is 3.97. The molecule has 0 bridgehead atoms. The molecule has 8 nitrogen and oxygen atoms in total. The average Bonchev–Trinajstić information content (AvgIpc) is 2.77. The summed E-state index contributed by atoms with van der Waals surface area (Å²) in [6.07, 6.45) is 1.05. The third-order valence-electron chi connectivity index (χ3n) is 2.26. The van der Waals surface area contributed by atoms with Crippen molar-refractivity contribution in [3.05, 3.63) is 27.1 Å². The molecule has 10 heteroatoms. The molecule has 0 spiro atoms. The van der Waals surface area contributed by atoms with E-state index in [0.29, 0.717) is 15.7 Å². The van der Waals surface area contributed by atoms with E-state index in [1.807, 2.05) is 0 Å². The maximum Gasteiger partial charge on any atom is 0.270 e. The molecule has 2 heterocycles. The molecule has 0 aliphatic heterocycles. The summed E-state index contributed by atoms with van der Waals surface area (Å²) >= 11 is 2.18. The highest BCUT2D eigenvalue weighted by Crippen LogP contribution is 2.23. The lowest BCUT2D eigenvalue weighted by Crippen LogP contribution is -2.15. The lowest BCUT2D eigenvalue weighted by molar-refractivity contribution is -0.113. The highest BCUT2D eigenvalue weighted by Gasteiger charge is 2.13. The number of carbonyl (C=O) groups is 2. The first-order valence-electron chi connectivity index (χ1n) is 5.78. The predicted molar refractivity (Wildman–Crippen MR) is 78.9 cm³/mol. The van der Waals surface area contributed by atoms with Crippen LogP contribution in [0.2, 0.25) is 0 Å². The Bertz CT molecular complexity index is 739. The molecule has 0 atom stereocenters. The first-order valence-corrected chi connectivity index (χ1v) is 7.59. The van der Waals surface area contributed by atoms with Gasteiger partial charge in [0.05, 0.1) is 16.3 Å². The van der Waals surface area contributed by atoms with Gasteiger partial charge >= 0.3 is 0 Å². The molecule has 0 saturated heterocycles. The van der Waals surface area contributed by atoms with Crippen LogP contribution in [-0.4, -0.2) is 37.6 Å². The SMILES string of the molecule is CC(=O)c1sc(NC(=O)CSc2nncc(=O)[nH]2)nc1C. The van der Waals surface area contributed by atoms with Crippen molar-refractivity contribution >= 4 is 39.9 Å². The number of Topliss-reactive ketones (excluding diaryl/α,β-unsaturated/α-hetero) is 1. The minimum Gasteiger partial charge on any atom is -0.301 e. The maximum absolute atomic E-state index is 11.8. The van der Waals surface area contributed by atoms with Crippen molar-refractivity contribution < 1.29 is 9.59 Å². The third-order valence-corrected chi connectivity index (χ3v) is 4.29. The van der Waals surface area contributed by atoms with Crippen molar-refractivity contribution in [3.8, 4) is 0 Å². The van der Waals surface area contributed by atoms with Gasteiger partial charge in [-0.15, -0.1) is 5.10 Å². The number of thiazole rings is 1. The molecule has 2 aromatic heterocycles. The maximum atomic E-state index is 11.8. The Hall–Kier alpha value is -2.07. The molecular weight excluding hydrogens is 314 g/mol. The van der Waals surface area contributed by atoms with Crippen LogP contribution in [0, 0.1) is 6.92 Å². The molecule has 0 unspecified atom stereocenters. The Morgan fingerprint density at radius 2 is 2.24 bits per heavy atom. The van der Waals surface area contributed by atoms with Crippen molar-refractivity contribution in [1.82, 2.24) is 20.2 Å². The summed E-state index contributed by atoms with van der Waals surface area (Å²) in [7, 11) is 0. The van der Waals surface area contributed by atoms with Gasteiger partial charge in [0.25, 0.3) is 5.56 Å². The smallest absolute Gasteiger partial charge is 0.270 e. The molecule has 1 amide bonds. The van der Waals surface area contributed by atoms with E-state index < -0.39 is 0 Å². The number of aryl methyl sites for hydroxylation is 1. The van der Waals surface area contributed by atoms with E-state index in [9.17, 15) is 14.4 Å². The van der Waals surface area contributed by atoms with Gasteiger partial charge in [0.15, 0.2) is 16.1 Å². The van der Waals surface area contributed by atoms with Gasteiger partial charge in [-0.05, 0) is 6.92 Å². The zero-order valence-corrected chi connectivity index (χ0v) is 12.8. The van der Waals surface area contributed by atoms with Crippen molar-refractivity contribution in [3.63, 3.8) is 0 Å². The fourth-order valence-electron chi connectivity index (χ4n) is 1.43. The van der Waals surface area contributed by atoms with Crippen LogP contribution in [0.4, 0.5) is 5.13 Å². The van der Waals surface area contributed by atoms with Gasteiger partial charge in [-0.3, -0.25) is 19.4 Å². The topological polar surface area (TPSA) is 118 Å². The van der Waals surface area contributed by atoms with Crippen LogP contribution >= 0.6 is 23.1 Å². The molecule has 0 radical (unpaired) electrons. The highest BCUT2D eigenvalue weighted by molar-refractivity contribution is 7.99. The number of anilines is 1. The quantitative estimate of drug-likeness (QED) is 0.618. The second-order valence-corrected chi connectivity index (χ2v) is 5.93. The molecular formula is C11H11N5O3S2. The molecule has 110 valence electrons. The number of ketones is 1. The summed E-state index contributed by atoms with van der Waals surface area (Å²) in [6.45, 7) is 3.16. The first-order chi connectivity index (χ1) is 9.95. The first kappa shape index (κ1) is 15.3. The van der Waals surface area contributed by atoms with E-state index in [0.717, 1.165) is 29.3 Å². The Balaban J connectivity index is 1.94. The minimum atomic E-state index is -0.380. The lowest BCUT2D eigenvalue weighted by Gasteiger charge is -2.00. The number of carbonyl (C=O) groups excluding carboxylic acids is 2.